The van der Waals surface area contributed by atoms with Gasteiger partial charge in [-0.3, -0.25) is 14.8 Å². The number of carbonyl (C=O) groups is 1. The molecule has 0 spiro atoms. The van der Waals surface area contributed by atoms with Crippen molar-refractivity contribution in [2.24, 2.45) is 11.8 Å². The first-order valence-corrected chi connectivity index (χ1v) is 11.3. The average molecular weight is 409 g/mol. The molecule has 4 atom stereocenters. The lowest BCUT2D eigenvalue weighted by Gasteiger charge is -2.57. The molecule has 30 heavy (non-hydrogen) atoms. The van der Waals surface area contributed by atoms with E-state index in [9.17, 15) is 4.79 Å². The largest absolute Gasteiger partial charge is 0.338 e. The SMILES string of the molecule is CN(C)C[C@H]1[C@H]2C[C@H](CN(C(=O)c3ccc(-c4ncn[nH]4)cc3)C2)[C@@H]2CCCCN21. The molecule has 2 bridgehead atoms. The fraction of sp³-hybridized carbons (Fsp3) is 0.609. The average Bonchev–Trinajstić information content (AvgIpc) is 3.31. The van der Waals surface area contributed by atoms with Crippen molar-refractivity contribution in [3.63, 3.8) is 0 Å². The van der Waals surface area contributed by atoms with Gasteiger partial charge in [-0.2, -0.15) is 5.10 Å². The van der Waals surface area contributed by atoms with Gasteiger partial charge in [0, 0.05) is 42.8 Å². The Morgan fingerprint density at radius 2 is 1.97 bits per heavy atom. The van der Waals surface area contributed by atoms with Crippen molar-refractivity contribution in [3.8, 4) is 11.4 Å². The molecule has 160 valence electrons. The summed E-state index contributed by atoms with van der Waals surface area (Å²) in [6.45, 7) is 4.09. The molecule has 4 heterocycles. The maximum Gasteiger partial charge on any atom is 0.253 e. The van der Waals surface area contributed by atoms with Gasteiger partial charge < -0.3 is 9.80 Å². The number of amides is 1. The fourth-order valence-corrected chi connectivity index (χ4v) is 6.00. The predicted molar refractivity (Wildman–Crippen MR) is 116 cm³/mol. The lowest BCUT2D eigenvalue weighted by Crippen LogP contribution is -2.65. The molecule has 1 amide bonds. The van der Waals surface area contributed by atoms with E-state index >= 15 is 0 Å². The number of piperidine rings is 3. The smallest absolute Gasteiger partial charge is 0.253 e. The second kappa shape index (κ2) is 8.12. The van der Waals surface area contributed by atoms with Crippen molar-refractivity contribution in [2.45, 2.75) is 37.8 Å². The topological polar surface area (TPSA) is 68.4 Å². The number of aromatic amines is 1. The quantitative estimate of drug-likeness (QED) is 0.841. The van der Waals surface area contributed by atoms with Crippen LogP contribution in [0.15, 0.2) is 30.6 Å². The Labute approximate surface area is 178 Å². The Morgan fingerprint density at radius 3 is 2.70 bits per heavy atom. The van der Waals surface area contributed by atoms with Crippen LogP contribution in [0.25, 0.3) is 11.4 Å². The molecule has 0 unspecified atom stereocenters. The minimum atomic E-state index is 0.168. The van der Waals surface area contributed by atoms with Crippen LogP contribution in [-0.2, 0) is 0 Å². The maximum absolute atomic E-state index is 13.4. The van der Waals surface area contributed by atoms with Crippen LogP contribution in [0.2, 0.25) is 0 Å². The van der Waals surface area contributed by atoms with Crippen molar-refractivity contribution >= 4 is 5.91 Å². The number of hydrogen-bond donors (Lipinski definition) is 1. The van der Waals surface area contributed by atoms with Gasteiger partial charge in [0.2, 0.25) is 0 Å². The number of carbonyl (C=O) groups excluding carboxylic acids is 1. The predicted octanol–water partition coefficient (Wildman–Crippen LogP) is 2.35. The number of aromatic nitrogens is 3. The molecule has 1 N–H and O–H groups in total. The second-order valence-electron chi connectivity index (χ2n) is 9.51. The molecule has 0 saturated carbocycles. The molecule has 7 heteroatoms. The van der Waals surface area contributed by atoms with Crippen LogP contribution in [0.4, 0.5) is 0 Å². The normalized spacial score (nSPS) is 29.1. The van der Waals surface area contributed by atoms with Crippen molar-refractivity contribution in [1.29, 1.82) is 0 Å². The summed E-state index contributed by atoms with van der Waals surface area (Å²) in [5.41, 5.74) is 1.71. The van der Waals surface area contributed by atoms with Crippen LogP contribution < -0.4 is 0 Å². The zero-order valence-corrected chi connectivity index (χ0v) is 18.0. The van der Waals surface area contributed by atoms with Gasteiger partial charge in [0.05, 0.1) is 0 Å². The summed E-state index contributed by atoms with van der Waals surface area (Å²) < 4.78 is 0. The summed E-state index contributed by atoms with van der Waals surface area (Å²) in [6, 6.07) is 8.96. The van der Waals surface area contributed by atoms with Crippen molar-refractivity contribution in [1.82, 2.24) is 29.9 Å². The summed E-state index contributed by atoms with van der Waals surface area (Å²) >= 11 is 0. The zero-order chi connectivity index (χ0) is 20.7. The number of fused-ring (bicyclic) bond motifs is 4. The number of hydrogen-bond acceptors (Lipinski definition) is 5. The number of rotatable bonds is 4. The van der Waals surface area contributed by atoms with E-state index < -0.39 is 0 Å². The molecular formula is C23H32N6O. The van der Waals surface area contributed by atoms with Crippen LogP contribution in [0, 0.1) is 11.8 Å². The highest BCUT2D eigenvalue weighted by atomic mass is 16.2. The molecular weight excluding hydrogens is 376 g/mol. The monoisotopic (exact) mass is 408 g/mol. The molecule has 0 radical (unpaired) electrons. The van der Waals surface area contributed by atoms with Gasteiger partial charge in [-0.25, -0.2) is 4.98 Å². The van der Waals surface area contributed by atoms with Gasteiger partial charge in [0.1, 0.15) is 6.33 Å². The molecule has 3 aliphatic heterocycles. The van der Waals surface area contributed by atoms with Gasteiger partial charge >= 0.3 is 0 Å². The molecule has 1 aromatic heterocycles. The van der Waals surface area contributed by atoms with E-state index in [4.69, 9.17) is 0 Å². The highest BCUT2D eigenvalue weighted by Gasteiger charge is 2.47. The van der Waals surface area contributed by atoms with E-state index in [1.165, 1.54) is 38.6 Å². The number of nitrogens with zero attached hydrogens (tertiary/aromatic N) is 5. The maximum atomic E-state index is 13.4. The lowest BCUT2D eigenvalue weighted by atomic mass is 9.72. The van der Waals surface area contributed by atoms with Crippen LogP contribution in [0.3, 0.4) is 0 Å². The standard InChI is InChI=1S/C23H32N6O/c1-27(2)14-21-19-11-18(20-5-3-4-10-29(20)21)12-28(13-19)23(30)17-8-6-16(7-9-17)22-24-15-25-26-22/h6-9,15,18-21H,3-5,10-14H2,1-2H3,(H,24,25,26)/t18-,19+,20+,21+/m1/s1. The molecule has 5 rings (SSSR count). The molecule has 1 aromatic carbocycles. The van der Waals surface area contributed by atoms with Crippen molar-refractivity contribution in [2.75, 3.05) is 40.3 Å². The number of likely N-dealkylation sites (N-methyl/N-ethyl adjacent to an activating group) is 1. The third kappa shape index (κ3) is 3.65. The van der Waals surface area contributed by atoms with Crippen LogP contribution in [-0.4, -0.2) is 88.1 Å². The summed E-state index contributed by atoms with van der Waals surface area (Å²) in [7, 11) is 4.35. The van der Waals surface area contributed by atoms with Gasteiger partial charge in [0.15, 0.2) is 5.82 Å². The lowest BCUT2D eigenvalue weighted by molar-refractivity contribution is -0.0702. The summed E-state index contributed by atoms with van der Waals surface area (Å²) in [5, 5.41) is 6.78. The molecule has 3 fully saturated rings. The minimum Gasteiger partial charge on any atom is -0.338 e. The van der Waals surface area contributed by atoms with E-state index in [2.05, 4.69) is 44.0 Å². The fourth-order valence-electron chi connectivity index (χ4n) is 6.00. The first-order valence-electron chi connectivity index (χ1n) is 11.3. The number of nitrogens with one attached hydrogen (secondary N) is 1. The Hall–Kier alpha value is -2.25. The summed E-state index contributed by atoms with van der Waals surface area (Å²) in [4.78, 5) is 24.8. The Morgan fingerprint density at radius 1 is 1.17 bits per heavy atom. The van der Waals surface area contributed by atoms with Crippen LogP contribution in [0.5, 0.6) is 0 Å². The van der Waals surface area contributed by atoms with E-state index in [0.717, 1.165) is 36.6 Å². The first kappa shape index (κ1) is 19.7. The highest BCUT2D eigenvalue weighted by molar-refractivity contribution is 5.94. The highest BCUT2D eigenvalue weighted by Crippen LogP contribution is 2.41. The zero-order valence-electron chi connectivity index (χ0n) is 18.0. The molecule has 2 aromatic rings. The molecule has 0 aliphatic carbocycles. The Kier molecular flexibility index (Phi) is 5.33. The first-order chi connectivity index (χ1) is 14.6. The van der Waals surface area contributed by atoms with Crippen molar-refractivity contribution < 1.29 is 4.79 Å². The van der Waals surface area contributed by atoms with Gasteiger partial charge in [-0.15, -0.1) is 0 Å². The Balaban J connectivity index is 1.35. The van der Waals surface area contributed by atoms with E-state index in [-0.39, 0.29) is 5.91 Å². The summed E-state index contributed by atoms with van der Waals surface area (Å²) in [5.74, 6) is 2.07. The molecule has 7 nitrogen and oxygen atoms in total. The van der Waals surface area contributed by atoms with Gasteiger partial charge in [-0.1, -0.05) is 18.6 Å². The van der Waals surface area contributed by atoms with Crippen molar-refractivity contribution in [3.05, 3.63) is 36.2 Å². The van der Waals surface area contributed by atoms with Gasteiger partial charge in [-0.05, 0) is 63.9 Å². The molecule has 3 saturated heterocycles. The molecule has 3 aliphatic rings. The van der Waals surface area contributed by atoms with Crippen LogP contribution >= 0.6 is 0 Å². The van der Waals surface area contributed by atoms with E-state index in [1.807, 2.05) is 24.3 Å². The third-order valence-corrected chi connectivity index (χ3v) is 7.28. The van der Waals surface area contributed by atoms with E-state index in [1.54, 1.807) is 0 Å². The number of benzene rings is 1. The second-order valence-corrected chi connectivity index (χ2v) is 9.51. The Bertz CT molecular complexity index is 864. The van der Waals surface area contributed by atoms with Gasteiger partial charge in [0.25, 0.3) is 5.91 Å². The number of likely N-dealkylation sites (tertiary alicyclic amines) is 1. The summed E-state index contributed by atoms with van der Waals surface area (Å²) in [6.07, 6.45) is 6.71. The van der Waals surface area contributed by atoms with Crippen LogP contribution in [0.1, 0.15) is 36.0 Å². The number of H-pyrrole nitrogens is 1. The van der Waals surface area contributed by atoms with E-state index in [0.29, 0.717) is 23.9 Å². The third-order valence-electron chi connectivity index (χ3n) is 7.28. The minimum absolute atomic E-state index is 0.168.